The Morgan fingerprint density at radius 1 is 1.23 bits per heavy atom. The third kappa shape index (κ3) is 3.87. The van der Waals surface area contributed by atoms with Crippen LogP contribution < -0.4 is 11.5 Å². The fraction of sp³-hybridized carbons (Fsp3) is 0.318. The number of primary amides is 1. The average molecular weight is 429 g/mol. The van der Waals surface area contributed by atoms with Crippen molar-refractivity contribution >= 4 is 33.7 Å². The van der Waals surface area contributed by atoms with Crippen LogP contribution in [0.5, 0.6) is 0 Å². The number of nitrogens with zero attached hydrogens (tertiary/aromatic N) is 3. The van der Waals surface area contributed by atoms with Gasteiger partial charge in [-0.2, -0.15) is 13.2 Å². The number of imidazole rings is 1. The van der Waals surface area contributed by atoms with Gasteiger partial charge < -0.3 is 16.0 Å². The lowest BCUT2D eigenvalue weighted by molar-refractivity contribution is -0.126. The SMILES string of the molecule is NC(=O)C1(CCCCn2cnc3c(N)nc4ccccc4c32)C=CC(C(F)(F)F)=CC1. The Balaban J connectivity index is 1.48. The molecule has 4 N–H and O–H groups in total. The standard InChI is InChI=1S/C22H22F3N5O/c23-22(24,25)14-7-10-21(11-8-14,20(27)31)9-3-4-12-30-13-28-17-18(30)15-5-1-2-6-16(15)29-19(17)26/h1-2,5-8,10,13H,3-4,9,11-12H2,(H2,26,29)(H2,27,31). The van der Waals surface area contributed by atoms with E-state index >= 15 is 0 Å². The predicted octanol–water partition coefficient (Wildman–Crippen LogP) is 4.26. The number of pyridine rings is 1. The number of hydrogen-bond donors (Lipinski definition) is 2. The minimum Gasteiger partial charge on any atom is -0.382 e. The number of carbonyl (C=O) groups is 1. The van der Waals surface area contributed by atoms with Crippen LogP contribution in [0.15, 0.2) is 54.4 Å². The van der Waals surface area contributed by atoms with Gasteiger partial charge in [0.05, 0.1) is 28.3 Å². The molecule has 0 spiro atoms. The van der Waals surface area contributed by atoms with Crippen molar-refractivity contribution in [1.82, 2.24) is 14.5 Å². The van der Waals surface area contributed by atoms with Gasteiger partial charge in [-0.3, -0.25) is 4.79 Å². The van der Waals surface area contributed by atoms with Crippen LogP contribution in [0.2, 0.25) is 0 Å². The number of halogens is 3. The Morgan fingerprint density at radius 2 is 2.00 bits per heavy atom. The van der Waals surface area contributed by atoms with Crippen LogP contribution in [0.1, 0.15) is 25.7 Å². The summed E-state index contributed by atoms with van der Waals surface area (Å²) in [5.41, 5.74) is 12.1. The third-order valence-electron chi connectivity index (χ3n) is 5.84. The first-order valence-electron chi connectivity index (χ1n) is 9.97. The summed E-state index contributed by atoms with van der Waals surface area (Å²) in [5.74, 6) is -0.251. The number of nitrogens with two attached hydrogens (primary N) is 2. The van der Waals surface area contributed by atoms with Gasteiger partial charge in [-0.1, -0.05) is 42.8 Å². The van der Waals surface area contributed by atoms with Gasteiger partial charge in [0.25, 0.3) is 0 Å². The molecule has 0 bridgehead atoms. The molecule has 1 amide bonds. The zero-order valence-corrected chi connectivity index (χ0v) is 16.7. The second kappa shape index (κ2) is 7.72. The van der Waals surface area contributed by atoms with Gasteiger partial charge in [0, 0.05) is 11.9 Å². The summed E-state index contributed by atoms with van der Waals surface area (Å²) in [5, 5.41) is 0.942. The van der Waals surface area contributed by atoms with E-state index in [0.717, 1.165) is 28.6 Å². The largest absolute Gasteiger partial charge is 0.416 e. The number of rotatable bonds is 6. The summed E-state index contributed by atoms with van der Waals surface area (Å²) in [4.78, 5) is 20.8. The minimum absolute atomic E-state index is 0.0471. The predicted molar refractivity (Wildman–Crippen MR) is 113 cm³/mol. The molecule has 4 rings (SSSR count). The van der Waals surface area contributed by atoms with Crippen molar-refractivity contribution in [3.63, 3.8) is 0 Å². The van der Waals surface area contributed by atoms with Gasteiger partial charge in [0.2, 0.25) is 5.91 Å². The number of para-hydroxylation sites is 1. The highest BCUT2D eigenvalue weighted by Gasteiger charge is 2.39. The lowest BCUT2D eigenvalue weighted by atomic mass is 9.75. The second-order valence-corrected chi connectivity index (χ2v) is 7.82. The van der Waals surface area contributed by atoms with Crippen LogP contribution >= 0.6 is 0 Å². The maximum atomic E-state index is 12.9. The van der Waals surface area contributed by atoms with Gasteiger partial charge in [0.1, 0.15) is 5.52 Å². The first-order valence-corrected chi connectivity index (χ1v) is 9.97. The molecule has 1 aliphatic carbocycles. The van der Waals surface area contributed by atoms with Crippen molar-refractivity contribution in [3.8, 4) is 0 Å². The van der Waals surface area contributed by atoms with Crippen LogP contribution in [0.3, 0.4) is 0 Å². The molecule has 9 heteroatoms. The topological polar surface area (TPSA) is 99.8 Å². The minimum atomic E-state index is -4.43. The zero-order chi connectivity index (χ0) is 22.2. The highest BCUT2D eigenvalue weighted by molar-refractivity contribution is 6.06. The van der Waals surface area contributed by atoms with Crippen molar-refractivity contribution < 1.29 is 18.0 Å². The van der Waals surface area contributed by atoms with Crippen molar-refractivity contribution in [2.75, 3.05) is 5.73 Å². The highest BCUT2D eigenvalue weighted by Crippen LogP contribution is 2.39. The number of anilines is 1. The Labute approximate surface area is 176 Å². The molecule has 2 aromatic heterocycles. The molecule has 3 aromatic rings. The highest BCUT2D eigenvalue weighted by atomic mass is 19.4. The van der Waals surface area contributed by atoms with E-state index in [2.05, 4.69) is 9.97 Å². The Hall–Kier alpha value is -3.36. The molecule has 1 atom stereocenters. The molecule has 2 heterocycles. The first kappa shape index (κ1) is 20.9. The smallest absolute Gasteiger partial charge is 0.382 e. The van der Waals surface area contributed by atoms with E-state index in [1.165, 1.54) is 6.08 Å². The number of aryl methyl sites for hydroxylation is 1. The van der Waals surface area contributed by atoms with Crippen molar-refractivity contribution in [3.05, 3.63) is 54.4 Å². The van der Waals surface area contributed by atoms with E-state index in [4.69, 9.17) is 11.5 Å². The Bertz CT molecular complexity index is 1210. The number of alkyl halides is 3. The van der Waals surface area contributed by atoms with Gasteiger partial charge in [-0.15, -0.1) is 0 Å². The molecular weight excluding hydrogens is 407 g/mol. The van der Waals surface area contributed by atoms with Gasteiger partial charge >= 0.3 is 6.18 Å². The molecule has 162 valence electrons. The number of fused-ring (bicyclic) bond motifs is 3. The van der Waals surface area contributed by atoms with E-state index < -0.39 is 23.1 Å². The van der Waals surface area contributed by atoms with Crippen LogP contribution in [0, 0.1) is 5.41 Å². The van der Waals surface area contributed by atoms with E-state index in [1.807, 2.05) is 28.8 Å². The molecule has 0 saturated heterocycles. The molecule has 0 radical (unpaired) electrons. The van der Waals surface area contributed by atoms with Crippen LogP contribution in [0.4, 0.5) is 19.0 Å². The fourth-order valence-electron chi connectivity index (χ4n) is 4.08. The van der Waals surface area contributed by atoms with Gasteiger partial charge in [-0.25, -0.2) is 9.97 Å². The second-order valence-electron chi connectivity index (χ2n) is 7.82. The van der Waals surface area contributed by atoms with Crippen LogP contribution in [0.25, 0.3) is 21.9 Å². The monoisotopic (exact) mass is 429 g/mol. The van der Waals surface area contributed by atoms with Crippen molar-refractivity contribution in [2.24, 2.45) is 11.1 Å². The summed E-state index contributed by atoms with van der Waals surface area (Å²) in [6.45, 7) is 0.617. The van der Waals surface area contributed by atoms with Gasteiger partial charge in [-0.05, 0) is 25.3 Å². The average Bonchev–Trinajstić information content (AvgIpc) is 3.16. The molecule has 1 aliphatic rings. The number of unbranched alkanes of at least 4 members (excludes halogenated alkanes) is 1. The molecule has 31 heavy (non-hydrogen) atoms. The van der Waals surface area contributed by atoms with E-state index in [-0.39, 0.29) is 6.42 Å². The van der Waals surface area contributed by atoms with E-state index in [9.17, 15) is 18.0 Å². The van der Waals surface area contributed by atoms with Gasteiger partial charge in [0.15, 0.2) is 5.82 Å². The molecule has 0 aliphatic heterocycles. The molecule has 0 saturated carbocycles. The quantitative estimate of drug-likeness (QED) is 0.572. The number of allylic oxidation sites excluding steroid dienone is 3. The summed E-state index contributed by atoms with van der Waals surface area (Å²) >= 11 is 0. The maximum absolute atomic E-state index is 12.9. The Kier molecular flexibility index (Phi) is 5.20. The number of nitrogen functional groups attached to an aromatic ring is 1. The van der Waals surface area contributed by atoms with Crippen LogP contribution in [-0.2, 0) is 11.3 Å². The number of amides is 1. The zero-order valence-electron chi connectivity index (χ0n) is 16.7. The summed E-state index contributed by atoms with van der Waals surface area (Å²) in [6, 6.07) is 7.66. The molecular formula is C22H22F3N5O. The van der Waals surface area contributed by atoms with E-state index in [0.29, 0.717) is 37.1 Å². The maximum Gasteiger partial charge on any atom is 0.416 e. The molecule has 6 nitrogen and oxygen atoms in total. The first-order chi connectivity index (χ1) is 14.7. The summed E-state index contributed by atoms with van der Waals surface area (Å²) < 4.78 is 40.6. The number of hydrogen-bond acceptors (Lipinski definition) is 4. The fourth-order valence-corrected chi connectivity index (χ4v) is 4.08. The summed E-state index contributed by atoms with van der Waals surface area (Å²) in [6.07, 6.45) is 2.23. The molecule has 1 aromatic carbocycles. The normalized spacial score (nSPS) is 19.1. The van der Waals surface area contributed by atoms with Crippen LogP contribution in [-0.4, -0.2) is 26.6 Å². The van der Waals surface area contributed by atoms with E-state index in [1.54, 1.807) is 6.33 Å². The molecule has 1 unspecified atom stereocenters. The Morgan fingerprint density at radius 3 is 2.68 bits per heavy atom. The molecule has 0 fully saturated rings. The number of carbonyl (C=O) groups excluding carboxylic acids is 1. The number of benzene rings is 1. The van der Waals surface area contributed by atoms with Crippen molar-refractivity contribution in [1.29, 1.82) is 0 Å². The summed E-state index contributed by atoms with van der Waals surface area (Å²) in [7, 11) is 0. The van der Waals surface area contributed by atoms with Crippen molar-refractivity contribution in [2.45, 2.75) is 38.4 Å². The number of aromatic nitrogens is 3. The lowest BCUT2D eigenvalue weighted by Crippen LogP contribution is -2.36. The lowest BCUT2D eigenvalue weighted by Gasteiger charge is -2.29. The third-order valence-corrected chi connectivity index (χ3v) is 5.84.